The Hall–Kier alpha value is -3.33. The van der Waals surface area contributed by atoms with Crippen molar-refractivity contribution in [2.24, 2.45) is 5.10 Å². The molecule has 0 bridgehead atoms. The van der Waals surface area contributed by atoms with Crippen LogP contribution in [-0.4, -0.2) is 28.2 Å². The quantitative estimate of drug-likeness (QED) is 0.347. The largest absolute Gasteiger partial charge is 0.326 e. The number of nitrogens with zero attached hydrogens (tertiary/aromatic N) is 3. The van der Waals surface area contributed by atoms with E-state index in [-0.39, 0.29) is 22.4 Å². The Bertz CT molecular complexity index is 943. The van der Waals surface area contributed by atoms with E-state index in [9.17, 15) is 14.9 Å². The van der Waals surface area contributed by atoms with Gasteiger partial charge in [-0.2, -0.15) is 5.10 Å². The summed E-state index contributed by atoms with van der Waals surface area (Å²) in [4.78, 5) is 24.2. The van der Waals surface area contributed by atoms with Gasteiger partial charge >= 0.3 is 0 Å². The van der Waals surface area contributed by atoms with Gasteiger partial charge in [0, 0.05) is 24.7 Å². The van der Waals surface area contributed by atoms with Gasteiger partial charge in [-0.05, 0) is 49.3 Å². The molecule has 1 saturated heterocycles. The van der Waals surface area contributed by atoms with Crippen molar-refractivity contribution >= 4 is 46.0 Å². The third kappa shape index (κ3) is 4.49. The summed E-state index contributed by atoms with van der Waals surface area (Å²) < 4.78 is 0. The molecule has 28 heavy (non-hydrogen) atoms. The second-order valence-corrected chi connectivity index (χ2v) is 6.64. The van der Waals surface area contributed by atoms with Crippen LogP contribution in [0, 0.1) is 10.1 Å². The maximum absolute atomic E-state index is 11.8. The lowest BCUT2D eigenvalue weighted by Gasteiger charge is -2.16. The second-order valence-electron chi connectivity index (χ2n) is 6.23. The maximum atomic E-state index is 11.8. The second kappa shape index (κ2) is 8.57. The van der Waals surface area contributed by atoms with Crippen LogP contribution in [0.2, 0.25) is 0 Å². The van der Waals surface area contributed by atoms with E-state index in [1.165, 1.54) is 6.07 Å². The van der Waals surface area contributed by atoms with Crippen LogP contribution in [0.15, 0.2) is 53.6 Å². The van der Waals surface area contributed by atoms with Crippen LogP contribution in [0.3, 0.4) is 0 Å². The summed E-state index contributed by atoms with van der Waals surface area (Å²) in [5.74, 6) is 0.145. The Labute approximate surface area is 167 Å². The molecule has 2 aromatic rings. The number of benzene rings is 2. The van der Waals surface area contributed by atoms with E-state index < -0.39 is 4.92 Å². The van der Waals surface area contributed by atoms with Crippen molar-refractivity contribution in [2.45, 2.75) is 19.8 Å². The first-order chi connectivity index (χ1) is 13.5. The number of amides is 1. The van der Waals surface area contributed by atoms with Crippen LogP contribution >= 0.6 is 12.2 Å². The lowest BCUT2D eigenvalue weighted by atomic mass is 10.1. The minimum atomic E-state index is -0.480. The first-order valence-electron chi connectivity index (χ1n) is 8.71. The smallest absolute Gasteiger partial charge is 0.292 e. The highest BCUT2D eigenvalue weighted by molar-refractivity contribution is 7.80. The molecule has 0 spiro atoms. The minimum absolute atomic E-state index is 0.0700. The molecule has 0 unspecified atom stereocenters. The normalized spacial score (nSPS) is 14.1. The lowest BCUT2D eigenvalue weighted by molar-refractivity contribution is -0.383. The molecule has 1 heterocycles. The molecule has 0 aliphatic carbocycles. The molecule has 2 N–H and O–H groups in total. The first kappa shape index (κ1) is 19.4. The summed E-state index contributed by atoms with van der Waals surface area (Å²) in [7, 11) is 0. The van der Waals surface area contributed by atoms with Crippen LogP contribution < -0.4 is 15.6 Å². The third-order valence-electron chi connectivity index (χ3n) is 4.34. The Kier molecular flexibility index (Phi) is 5.95. The fraction of sp³-hybridized carbons (Fsp3) is 0.211. The van der Waals surface area contributed by atoms with E-state index in [1.54, 1.807) is 23.1 Å². The summed E-state index contributed by atoms with van der Waals surface area (Å²) >= 11 is 5.16. The van der Waals surface area contributed by atoms with Crippen molar-refractivity contribution in [2.75, 3.05) is 16.8 Å². The number of nitro benzene ring substituents is 1. The summed E-state index contributed by atoms with van der Waals surface area (Å²) in [6.07, 6.45) is 1.48. The van der Waals surface area contributed by atoms with Gasteiger partial charge in [-0.25, -0.2) is 0 Å². The number of thiocarbonyl (C=S) groups is 1. The number of nitro groups is 1. The van der Waals surface area contributed by atoms with Crippen LogP contribution in [0.4, 0.5) is 17.1 Å². The molecule has 1 fully saturated rings. The molecule has 3 rings (SSSR count). The Balaban J connectivity index is 1.63. The number of anilines is 2. The molecule has 8 nitrogen and oxygen atoms in total. The van der Waals surface area contributed by atoms with E-state index in [1.807, 2.05) is 31.2 Å². The standard InChI is InChI=1S/C19H19N5O3S/c1-13(14-8-10-15(11-9-14)23-12-4-7-18(23)25)21-22-19(28)20-16-5-2-3-6-17(16)24(26)27/h2-3,5-6,8-11H,4,7,12H2,1H3,(H2,20,22,28)/b21-13-. The van der Waals surface area contributed by atoms with Gasteiger partial charge in [-0.1, -0.05) is 24.3 Å². The fourth-order valence-electron chi connectivity index (χ4n) is 2.89. The van der Waals surface area contributed by atoms with Crippen LogP contribution in [0.25, 0.3) is 0 Å². The molecule has 1 aliphatic rings. The number of hydrogen-bond acceptors (Lipinski definition) is 5. The molecule has 0 saturated carbocycles. The van der Waals surface area contributed by atoms with E-state index >= 15 is 0 Å². The topological polar surface area (TPSA) is 99.9 Å². The van der Waals surface area contributed by atoms with Gasteiger partial charge in [0.15, 0.2) is 5.11 Å². The zero-order chi connectivity index (χ0) is 20.1. The number of nitrogens with one attached hydrogen (secondary N) is 2. The van der Waals surface area contributed by atoms with Gasteiger partial charge in [-0.3, -0.25) is 20.3 Å². The number of hydrogen-bond donors (Lipinski definition) is 2. The van der Waals surface area contributed by atoms with Crippen molar-refractivity contribution in [3.8, 4) is 0 Å². The van der Waals surface area contributed by atoms with Gasteiger partial charge < -0.3 is 10.2 Å². The molecule has 0 radical (unpaired) electrons. The summed E-state index contributed by atoms with van der Waals surface area (Å²) in [5, 5.41) is 18.2. The van der Waals surface area contributed by atoms with Crippen molar-refractivity contribution in [1.82, 2.24) is 5.43 Å². The Morgan fingerprint density at radius 2 is 1.93 bits per heavy atom. The van der Waals surface area contributed by atoms with Crippen LogP contribution in [-0.2, 0) is 4.79 Å². The summed E-state index contributed by atoms with van der Waals surface area (Å²) in [5.41, 5.74) is 5.35. The third-order valence-corrected chi connectivity index (χ3v) is 4.54. The van der Waals surface area contributed by atoms with E-state index in [0.29, 0.717) is 12.1 Å². The summed E-state index contributed by atoms with van der Waals surface area (Å²) in [6.45, 7) is 2.56. The molecular weight excluding hydrogens is 378 g/mol. The highest BCUT2D eigenvalue weighted by atomic mass is 32.1. The minimum Gasteiger partial charge on any atom is -0.326 e. The maximum Gasteiger partial charge on any atom is 0.292 e. The van der Waals surface area contributed by atoms with Crippen molar-refractivity contribution < 1.29 is 9.72 Å². The molecule has 0 atom stereocenters. The highest BCUT2D eigenvalue weighted by Crippen LogP contribution is 2.23. The molecule has 9 heteroatoms. The monoisotopic (exact) mass is 397 g/mol. The number of rotatable bonds is 5. The van der Waals surface area contributed by atoms with Gasteiger partial charge in [0.25, 0.3) is 5.69 Å². The molecule has 2 aromatic carbocycles. The number of carbonyl (C=O) groups is 1. The van der Waals surface area contributed by atoms with Gasteiger partial charge in [0.1, 0.15) is 5.69 Å². The zero-order valence-electron chi connectivity index (χ0n) is 15.2. The van der Waals surface area contributed by atoms with Crippen molar-refractivity contribution in [3.63, 3.8) is 0 Å². The molecular formula is C19H19N5O3S. The fourth-order valence-corrected chi connectivity index (χ4v) is 3.05. The molecule has 0 aromatic heterocycles. The van der Waals surface area contributed by atoms with Crippen LogP contribution in [0.1, 0.15) is 25.3 Å². The van der Waals surface area contributed by atoms with Crippen molar-refractivity contribution in [1.29, 1.82) is 0 Å². The van der Waals surface area contributed by atoms with Gasteiger partial charge in [0.05, 0.1) is 10.6 Å². The number of carbonyl (C=O) groups excluding carboxylic acids is 1. The predicted molar refractivity (Wildman–Crippen MR) is 113 cm³/mol. The van der Waals surface area contributed by atoms with E-state index in [4.69, 9.17) is 12.2 Å². The van der Waals surface area contributed by atoms with E-state index in [2.05, 4.69) is 15.8 Å². The zero-order valence-corrected chi connectivity index (χ0v) is 16.0. The molecule has 1 aliphatic heterocycles. The Morgan fingerprint density at radius 1 is 1.21 bits per heavy atom. The molecule has 1 amide bonds. The number of para-hydroxylation sites is 2. The lowest BCUT2D eigenvalue weighted by Crippen LogP contribution is -2.25. The van der Waals surface area contributed by atoms with Gasteiger partial charge in [-0.15, -0.1) is 0 Å². The number of hydrazone groups is 1. The van der Waals surface area contributed by atoms with E-state index in [0.717, 1.165) is 24.2 Å². The average Bonchev–Trinajstić information content (AvgIpc) is 3.12. The SMILES string of the molecule is C/C(=N/NC(=S)Nc1ccccc1[N+](=O)[O-])c1ccc(N2CCCC2=O)cc1. The first-order valence-corrected chi connectivity index (χ1v) is 9.12. The van der Waals surface area contributed by atoms with Crippen molar-refractivity contribution in [3.05, 3.63) is 64.2 Å². The summed E-state index contributed by atoms with van der Waals surface area (Å²) in [6, 6.07) is 13.8. The highest BCUT2D eigenvalue weighted by Gasteiger charge is 2.21. The Morgan fingerprint density at radius 3 is 2.57 bits per heavy atom. The average molecular weight is 397 g/mol. The predicted octanol–water partition coefficient (Wildman–Crippen LogP) is 3.43. The van der Waals surface area contributed by atoms with Crippen LogP contribution in [0.5, 0.6) is 0 Å². The van der Waals surface area contributed by atoms with Gasteiger partial charge in [0.2, 0.25) is 5.91 Å². The molecule has 144 valence electrons.